The summed E-state index contributed by atoms with van der Waals surface area (Å²) in [5.74, 6) is 0.635. The van der Waals surface area contributed by atoms with Crippen LogP contribution in [-0.4, -0.2) is 4.98 Å². The summed E-state index contributed by atoms with van der Waals surface area (Å²) in [5.41, 5.74) is 4.99. The molecule has 0 atom stereocenters. The van der Waals surface area contributed by atoms with E-state index in [9.17, 15) is 0 Å². The van der Waals surface area contributed by atoms with Gasteiger partial charge in [-0.05, 0) is 55.3 Å². The standard InChI is InChI=1S/C15H12ClNO/c1-9-7-10(2)14-13(8-9)17-15(18-14)11-3-5-12(16)6-4-11/h3-8H,1-2H3. The van der Waals surface area contributed by atoms with Crippen molar-refractivity contribution in [3.63, 3.8) is 0 Å². The molecule has 0 aliphatic carbocycles. The molecule has 0 spiro atoms. The normalized spacial score (nSPS) is 11.1. The molecule has 18 heavy (non-hydrogen) atoms. The molecule has 0 radical (unpaired) electrons. The number of oxazole rings is 1. The number of rotatable bonds is 1. The molecular formula is C15H12ClNO. The fourth-order valence-electron chi connectivity index (χ4n) is 2.09. The third kappa shape index (κ3) is 1.89. The molecule has 0 bridgehead atoms. The summed E-state index contributed by atoms with van der Waals surface area (Å²) in [6.07, 6.45) is 0. The van der Waals surface area contributed by atoms with Crippen LogP contribution in [0.25, 0.3) is 22.6 Å². The second-order valence-electron chi connectivity index (χ2n) is 4.46. The van der Waals surface area contributed by atoms with Crippen molar-refractivity contribution in [2.45, 2.75) is 13.8 Å². The highest BCUT2D eigenvalue weighted by atomic mass is 35.5. The van der Waals surface area contributed by atoms with E-state index in [1.165, 1.54) is 5.56 Å². The Morgan fingerprint density at radius 1 is 1.06 bits per heavy atom. The SMILES string of the molecule is Cc1cc(C)c2oc(-c3ccc(Cl)cc3)nc2c1. The molecule has 0 aliphatic heterocycles. The van der Waals surface area contributed by atoms with Gasteiger partial charge in [-0.3, -0.25) is 0 Å². The first-order chi connectivity index (χ1) is 8.63. The van der Waals surface area contributed by atoms with Crippen LogP contribution in [0.4, 0.5) is 0 Å². The fraction of sp³-hybridized carbons (Fsp3) is 0.133. The fourth-order valence-corrected chi connectivity index (χ4v) is 2.22. The quantitative estimate of drug-likeness (QED) is 0.628. The molecule has 3 rings (SSSR count). The predicted molar refractivity (Wildman–Crippen MR) is 73.9 cm³/mol. The highest BCUT2D eigenvalue weighted by Crippen LogP contribution is 2.27. The summed E-state index contributed by atoms with van der Waals surface area (Å²) in [7, 11) is 0. The monoisotopic (exact) mass is 257 g/mol. The Kier molecular flexibility index (Phi) is 2.60. The Morgan fingerprint density at radius 2 is 1.78 bits per heavy atom. The minimum Gasteiger partial charge on any atom is -0.436 e. The van der Waals surface area contributed by atoms with Gasteiger partial charge in [-0.1, -0.05) is 17.7 Å². The van der Waals surface area contributed by atoms with Crippen molar-refractivity contribution in [3.05, 3.63) is 52.5 Å². The van der Waals surface area contributed by atoms with Crippen molar-refractivity contribution in [1.29, 1.82) is 0 Å². The molecule has 3 aromatic rings. The lowest BCUT2D eigenvalue weighted by atomic mass is 10.1. The largest absolute Gasteiger partial charge is 0.436 e. The van der Waals surface area contributed by atoms with Gasteiger partial charge in [-0.25, -0.2) is 4.98 Å². The van der Waals surface area contributed by atoms with Gasteiger partial charge in [-0.2, -0.15) is 0 Å². The molecule has 0 saturated heterocycles. The van der Waals surface area contributed by atoms with Crippen LogP contribution in [0.3, 0.4) is 0 Å². The number of aryl methyl sites for hydroxylation is 2. The summed E-state index contributed by atoms with van der Waals surface area (Å²) in [6, 6.07) is 11.6. The molecule has 0 unspecified atom stereocenters. The molecule has 2 aromatic carbocycles. The first-order valence-electron chi connectivity index (χ1n) is 5.77. The van der Waals surface area contributed by atoms with E-state index in [1.807, 2.05) is 37.3 Å². The first kappa shape index (κ1) is 11.3. The Balaban J connectivity index is 2.19. The van der Waals surface area contributed by atoms with E-state index in [4.69, 9.17) is 16.0 Å². The summed E-state index contributed by atoms with van der Waals surface area (Å²) < 4.78 is 5.83. The van der Waals surface area contributed by atoms with Crippen molar-refractivity contribution < 1.29 is 4.42 Å². The lowest BCUT2D eigenvalue weighted by Crippen LogP contribution is -1.78. The van der Waals surface area contributed by atoms with E-state index in [0.29, 0.717) is 10.9 Å². The van der Waals surface area contributed by atoms with Crippen molar-refractivity contribution in [3.8, 4) is 11.5 Å². The van der Waals surface area contributed by atoms with Crippen LogP contribution in [0.2, 0.25) is 5.02 Å². The molecule has 1 aromatic heterocycles. The second-order valence-corrected chi connectivity index (χ2v) is 4.89. The van der Waals surface area contributed by atoms with Gasteiger partial charge in [-0.15, -0.1) is 0 Å². The molecule has 0 aliphatic rings. The van der Waals surface area contributed by atoms with Crippen LogP contribution >= 0.6 is 11.6 Å². The van der Waals surface area contributed by atoms with E-state index in [2.05, 4.69) is 18.0 Å². The smallest absolute Gasteiger partial charge is 0.227 e. The Labute approximate surface area is 110 Å². The number of hydrogen-bond donors (Lipinski definition) is 0. The van der Waals surface area contributed by atoms with Gasteiger partial charge >= 0.3 is 0 Å². The van der Waals surface area contributed by atoms with Gasteiger partial charge in [0, 0.05) is 10.6 Å². The molecule has 1 heterocycles. The molecule has 90 valence electrons. The Hall–Kier alpha value is -1.80. The van der Waals surface area contributed by atoms with Gasteiger partial charge in [0.1, 0.15) is 5.52 Å². The second kappa shape index (κ2) is 4.14. The molecule has 0 fully saturated rings. The highest BCUT2D eigenvalue weighted by Gasteiger charge is 2.10. The Morgan fingerprint density at radius 3 is 2.50 bits per heavy atom. The zero-order valence-corrected chi connectivity index (χ0v) is 11.0. The number of hydrogen-bond acceptors (Lipinski definition) is 2. The van der Waals surface area contributed by atoms with Crippen LogP contribution in [0, 0.1) is 13.8 Å². The van der Waals surface area contributed by atoms with Gasteiger partial charge in [0.2, 0.25) is 5.89 Å². The average molecular weight is 258 g/mol. The summed E-state index contributed by atoms with van der Waals surface area (Å²) in [6.45, 7) is 4.09. The van der Waals surface area contributed by atoms with Crippen molar-refractivity contribution in [1.82, 2.24) is 4.98 Å². The van der Waals surface area contributed by atoms with E-state index in [-0.39, 0.29) is 0 Å². The topological polar surface area (TPSA) is 26.0 Å². The van der Waals surface area contributed by atoms with E-state index < -0.39 is 0 Å². The molecule has 0 N–H and O–H groups in total. The van der Waals surface area contributed by atoms with Crippen LogP contribution in [0.15, 0.2) is 40.8 Å². The minimum absolute atomic E-state index is 0.635. The highest BCUT2D eigenvalue weighted by molar-refractivity contribution is 6.30. The minimum atomic E-state index is 0.635. The number of fused-ring (bicyclic) bond motifs is 1. The van der Waals surface area contributed by atoms with Crippen LogP contribution < -0.4 is 0 Å². The summed E-state index contributed by atoms with van der Waals surface area (Å²) >= 11 is 5.87. The van der Waals surface area contributed by atoms with Crippen molar-refractivity contribution in [2.75, 3.05) is 0 Å². The summed E-state index contributed by atoms with van der Waals surface area (Å²) in [4.78, 5) is 4.52. The average Bonchev–Trinajstić information content (AvgIpc) is 2.74. The Bertz CT molecular complexity index is 713. The van der Waals surface area contributed by atoms with Crippen molar-refractivity contribution in [2.24, 2.45) is 0 Å². The molecule has 3 heteroatoms. The zero-order valence-electron chi connectivity index (χ0n) is 10.2. The van der Waals surface area contributed by atoms with Gasteiger partial charge < -0.3 is 4.42 Å². The van der Waals surface area contributed by atoms with Crippen LogP contribution in [0.1, 0.15) is 11.1 Å². The third-order valence-electron chi connectivity index (χ3n) is 2.91. The maximum absolute atomic E-state index is 5.87. The summed E-state index contributed by atoms with van der Waals surface area (Å²) in [5, 5.41) is 0.710. The molecule has 2 nitrogen and oxygen atoms in total. The van der Waals surface area contributed by atoms with Crippen molar-refractivity contribution >= 4 is 22.7 Å². The van der Waals surface area contributed by atoms with E-state index >= 15 is 0 Å². The molecular weight excluding hydrogens is 246 g/mol. The number of aromatic nitrogens is 1. The number of benzene rings is 2. The van der Waals surface area contributed by atoms with Crippen LogP contribution in [0.5, 0.6) is 0 Å². The van der Waals surface area contributed by atoms with Gasteiger partial charge in [0.05, 0.1) is 0 Å². The van der Waals surface area contributed by atoms with E-state index in [1.54, 1.807) is 0 Å². The third-order valence-corrected chi connectivity index (χ3v) is 3.16. The van der Waals surface area contributed by atoms with Gasteiger partial charge in [0.25, 0.3) is 0 Å². The number of halogens is 1. The number of nitrogens with zero attached hydrogens (tertiary/aromatic N) is 1. The lowest BCUT2D eigenvalue weighted by molar-refractivity contribution is 0.617. The van der Waals surface area contributed by atoms with E-state index in [0.717, 1.165) is 22.2 Å². The van der Waals surface area contributed by atoms with Crippen LogP contribution in [-0.2, 0) is 0 Å². The molecule has 0 amide bonds. The maximum atomic E-state index is 5.87. The zero-order chi connectivity index (χ0) is 12.7. The molecule has 0 saturated carbocycles. The van der Waals surface area contributed by atoms with Gasteiger partial charge in [0.15, 0.2) is 5.58 Å². The predicted octanol–water partition coefficient (Wildman–Crippen LogP) is 4.77. The first-order valence-corrected chi connectivity index (χ1v) is 6.15. The lowest BCUT2D eigenvalue weighted by Gasteiger charge is -1.95. The maximum Gasteiger partial charge on any atom is 0.227 e.